The predicted octanol–water partition coefficient (Wildman–Crippen LogP) is 5.39. The summed E-state index contributed by atoms with van der Waals surface area (Å²) in [6.45, 7) is 3.40. The number of nitrogens with one attached hydrogen (secondary N) is 3. The number of halogens is 2. The molecule has 0 aliphatic carbocycles. The van der Waals surface area contributed by atoms with Gasteiger partial charge in [0, 0.05) is 41.5 Å². The number of anilines is 1. The van der Waals surface area contributed by atoms with Gasteiger partial charge in [-0.25, -0.2) is 14.0 Å². The topological polar surface area (TPSA) is 191 Å². The molecule has 2 aromatic heterocycles. The van der Waals surface area contributed by atoms with E-state index in [2.05, 4.69) is 32.5 Å². The molecule has 1 amide bonds. The molecule has 0 aliphatic heterocycles. The third kappa shape index (κ3) is 9.68. The number of aromatic amines is 1. The van der Waals surface area contributed by atoms with Crippen LogP contribution in [0.3, 0.4) is 0 Å². The summed E-state index contributed by atoms with van der Waals surface area (Å²) in [5.41, 5.74) is 20.6. The number of rotatable bonds is 15. The van der Waals surface area contributed by atoms with Gasteiger partial charge in [0.1, 0.15) is 12.3 Å². The number of aromatic nitrogens is 3. The fourth-order valence-corrected chi connectivity index (χ4v) is 5.71. The Kier molecular flexibility index (Phi) is 12.2. The number of amides is 1. The van der Waals surface area contributed by atoms with Gasteiger partial charge in [0.05, 0.1) is 16.4 Å². The highest BCUT2D eigenvalue weighted by Gasteiger charge is 2.16. The maximum atomic E-state index is 15.3. The summed E-state index contributed by atoms with van der Waals surface area (Å²) in [5.74, 6) is -0.500. The minimum atomic E-state index is -0.582. The number of hydrogen-bond donors (Lipinski definition) is 6. The lowest BCUT2D eigenvalue weighted by Gasteiger charge is -2.15. The number of para-hydroxylation sites is 1. The van der Waals surface area contributed by atoms with Gasteiger partial charge in [-0.2, -0.15) is 4.98 Å². The smallest absolute Gasteiger partial charge is 0.411 e. The highest BCUT2D eigenvalue weighted by Crippen LogP contribution is 2.31. The van der Waals surface area contributed by atoms with Crippen LogP contribution in [0.4, 0.5) is 14.9 Å². The van der Waals surface area contributed by atoms with Crippen molar-refractivity contribution >= 4 is 40.4 Å². The molecule has 0 spiro atoms. The monoisotopic (exact) mass is 701 g/mol. The first-order valence-electron chi connectivity index (χ1n) is 16.3. The van der Waals surface area contributed by atoms with E-state index in [1.807, 2.05) is 42.5 Å². The average molecular weight is 702 g/mol. The second-order valence-electron chi connectivity index (χ2n) is 12.0. The molecule has 0 radical (unpaired) electrons. The van der Waals surface area contributed by atoms with Crippen molar-refractivity contribution in [3.05, 3.63) is 111 Å². The van der Waals surface area contributed by atoms with E-state index in [0.29, 0.717) is 53.9 Å². The van der Waals surface area contributed by atoms with Crippen LogP contribution in [0, 0.1) is 5.82 Å². The van der Waals surface area contributed by atoms with Crippen LogP contribution in [0.1, 0.15) is 43.4 Å². The molecule has 5 rings (SSSR count). The summed E-state index contributed by atoms with van der Waals surface area (Å²) in [6.07, 6.45) is 3.70. The van der Waals surface area contributed by atoms with Crippen molar-refractivity contribution in [1.82, 2.24) is 19.9 Å². The number of aryl methyl sites for hydroxylation is 1. The number of benzene rings is 3. The quantitative estimate of drug-likeness (QED) is 0.0476. The second kappa shape index (κ2) is 16.9. The largest absolute Gasteiger partial charge is 0.448 e. The van der Waals surface area contributed by atoms with Crippen molar-refractivity contribution in [2.24, 2.45) is 22.2 Å². The Labute approximate surface area is 293 Å². The summed E-state index contributed by atoms with van der Waals surface area (Å²) in [7, 11) is 0. The molecule has 2 atom stereocenters. The predicted molar refractivity (Wildman–Crippen MR) is 196 cm³/mol. The van der Waals surface area contributed by atoms with E-state index in [0.717, 1.165) is 24.1 Å². The average Bonchev–Trinajstić information content (AvgIpc) is 3.51. The number of nitrogens with two attached hydrogens (primary N) is 3. The number of H-pyrrole nitrogens is 1. The Morgan fingerprint density at radius 1 is 1.10 bits per heavy atom. The zero-order valence-electron chi connectivity index (χ0n) is 27.7. The lowest BCUT2D eigenvalue weighted by atomic mass is 10.0. The molecule has 0 saturated heterocycles. The Morgan fingerprint density at radius 2 is 1.86 bits per heavy atom. The summed E-state index contributed by atoms with van der Waals surface area (Å²) in [4.78, 5) is 36.3. The minimum absolute atomic E-state index is 0.0218. The van der Waals surface area contributed by atoms with E-state index in [1.165, 1.54) is 4.57 Å². The van der Waals surface area contributed by atoms with Crippen molar-refractivity contribution in [2.45, 2.75) is 44.7 Å². The molecule has 14 heteroatoms. The summed E-state index contributed by atoms with van der Waals surface area (Å²) in [6, 6.07) is 21.4. The molecule has 0 fully saturated rings. The molecule has 0 bridgehead atoms. The molecule has 12 nitrogen and oxygen atoms in total. The van der Waals surface area contributed by atoms with Crippen LogP contribution >= 0.6 is 11.6 Å². The Hall–Kier alpha value is -5.24. The van der Waals surface area contributed by atoms with Gasteiger partial charge in [-0.1, -0.05) is 41.9 Å². The standard InChI is InChI=1S/C36H41ClFN9O3/c1-22(42-15-6-16-43-34(40)41)24-11-13-28(14-12-24)47-20-25-19-31(45-33(25)46-35(47)48)29-17-23(18-30(37)32(29)38)7-5-8-26(39)21-50-36(49)44-27-9-3-2-4-10-27/h2-4,9-14,17-20,22,26,42H,5-8,15-16,21,39H2,1H3,(H,44,49)(H4,40,41,43)(H,45,46,48)/t22-,26+/m0/s1. The first-order valence-corrected chi connectivity index (χ1v) is 16.7. The lowest BCUT2D eigenvalue weighted by Crippen LogP contribution is -2.29. The molecular weight excluding hydrogens is 661 g/mol. The Bertz CT molecular complexity index is 1990. The lowest BCUT2D eigenvalue weighted by molar-refractivity contribution is 0.152. The second-order valence-corrected chi connectivity index (χ2v) is 12.4. The minimum Gasteiger partial charge on any atom is -0.448 e. The van der Waals surface area contributed by atoms with Crippen LogP contribution in [0.5, 0.6) is 0 Å². The maximum absolute atomic E-state index is 15.3. The van der Waals surface area contributed by atoms with E-state index >= 15 is 4.39 Å². The van der Waals surface area contributed by atoms with E-state index in [4.69, 9.17) is 33.5 Å². The zero-order valence-corrected chi connectivity index (χ0v) is 28.4. The third-order valence-electron chi connectivity index (χ3n) is 8.13. The molecule has 0 unspecified atom stereocenters. The molecule has 3 aromatic carbocycles. The van der Waals surface area contributed by atoms with Crippen molar-refractivity contribution in [1.29, 1.82) is 0 Å². The van der Waals surface area contributed by atoms with Gasteiger partial charge in [0.15, 0.2) is 11.8 Å². The fourth-order valence-electron chi connectivity index (χ4n) is 5.47. The number of aliphatic imine (C=N–C) groups is 1. The van der Waals surface area contributed by atoms with E-state index < -0.39 is 17.6 Å². The van der Waals surface area contributed by atoms with Crippen molar-refractivity contribution in [3.63, 3.8) is 0 Å². The molecule has 2 heterocycles. The normalized spacial score (nSPS) is 12.4. The van der Waals surface area contributed by atoms with Gasteiger partial charge < -0.3 is 32.2 Å². The Balaban J connectivity index is 1.21. The number of carbonyl (C=O) groups excluding carboxylic acids is 1. The third-order valence-corrected chi connectivity index (χ3v) is 8.40. The van der Waals surface area contributed by atoms with Gasteiger partial charge in [-0.05, 0) is 92.7 Å². The number of nitrogens with zero attached hydrogens (tertiary/aromatic N) is 3. The van der Waals surface area contributed by atoms with Crippen molar-refractivity contribution < 1.29 is 13.9 Å². The summed E-state index contributed by atoms with van der Waals surface area (Å²) in [5, 5.41) is 6.69. The van der Waals surface area contributed by atoms with Crippen LogP contribution in [-0.2, 0) is 11.2 Å². The highest BCUT2D eigenvalue weighted by molar-refractivity contribution is 6.31. The SMILES string of the molecule is C[C@H](NCCCN=C(N)N)c1ccc(-n2cc3cc(-c4cc(CCC[C@@H](N)COC(=O)Nc5ccccc5)cc(Cl)c4F)[nH]c3nc2=O)cc1. The van der Waals surface area contributed by atoms with Gasteiger partial charge >= 0.3 is 11.8 Å². The van der Waals surface area contributed by atoms with Crippen LogP contribution in [-0.4, -0.2) is 52.3 Å². The molecule has 0 aliphatic rings. The van der Waals surface area contributed by atoms with E-state index in [9.17, 15) is 9.59 Å². The van der Waals surface area contributed by atoms with Crippen molar-refractivity contribution in [3.8, 4) is 16.9 Å². The number of carbonyl (C=O) groups is 1. The zero-order chi connectivity index (χ0) is 35.6. The molecule has 50 heavy (non-hydrogen) atoms. The fraction of sp³-hybridized carbons (Fsp3) is 0.278. The first-order chi connectivity index (χ1) is 24.1. The first kappa shape index (κ1) is 36.1. The van der Waals surface area contributed by atoms with E-state index in [1.54, 1.807) is 36.5 Å². The number of fused-ring (bicyclic) bond motifs is 1. The molecule has 0 saturated carbocycles. The van der Waals surface area contributed by atoms with Gasteiger partial charge in [0.2, 0.25) is 0 Å². The molecule has 5 aromatic rings. The molecule has 262 valence electrons. The molecular formula is C36H41ClFN9O3. The van der Waals surface area contributed by atoms with Crippen molar-refractivity contribution in [2.75, 3.05) is 25.0 Å². The van der Waals surface area contributed by atoms with Crippen LogP contribution in [0.25, 0.3) is 28.0 Å². The molecule has 9 N–H and O–H groups in total. The van der Waals surface area contributed by atoms with E-state index in [-0.39, 0.29) is 35.2 Å². The highest BCUT2D eigenvalue weighted by atomic mass is 35.5. The van der Waals surface area contributed by atoms with Gasteiger partial charge in [0.25, 0.3) is 0 Å². The van der Waals surface area contributed by atoms with Crippen LogP contribution < -0.4 is 33.5 Å². The van der Waals surface area contributed by atoms with Crippen LogP contribution in [0.2, 0.25) is 5.02 Å². The van der Waals surface area contributed by atoms with Gasteiger partial charge in [-0.3, -0.25) is 14.9 Å². The number of ether oxygens (including phenoxy) is 1. The number of hydrogen-bond acceptors (Lipinski definition) is 7. The maximum Gasteiger partial charge on any atom is 0.411 e. The number of guanidine groups is 1. The van der Waals surface area contributed by atoms with Crippen LogP contribution in [0.15, 0.2) is 88.8 Å². The van der Waals surface area contributed by atoms with Gasteiger partial charge in [-0.15, -0.1) is 0 Å². The summed E-state index contributed by atoms with van der Waals surface area (Å²) < 4.78 is 22.0. The Morgan fingerprint density at radius 3 is 2.60 bits per heavy atom. The summed E-state index contributed by atoms with van der Waals surface area (Å²) >= 11 is 6.31.